The minimum atomic E-state index is 0.0162. The first-order valence-electron chi connectivity index (χ1n) is 8.75. The van der Waals surface area contributed by atoms with E-state index in [4.69, 9.17) is 4.74 Å². The average molecular weight is 368 g/mol. The number of aromatic nitrogens is 3. The normalized spacial score (nSPS) is 17.4. The SMILES string of the molecule is Cc1cnc(OCC2CCCN(C(=O)c3nc4ccccc4s3)C2)nc1. The third-order valence-corrected chi connectivity index (χ3v) is 5.51. The van der Waals surface area contributed by atoms with Crippen molar-refractivity contribution in [3.63, 3.8) is 0 Å². The number of fused-ring (bicyclic) bond motifs is 1. The summed E-state index contributed by atoms with van der Waals surface area (Å²) in [5.74, 6) is 0.300. The fourth-order valence-electron chi connectivity index (χ4n) is 3.13. The maximum Gasteiger partial charge on any atom is 0.316 e. The van der Waals surface area contributed by atoms with E-state index in [0.717, 1.165) is 35.2 Å². The van der Waals surface area contributed by atoms with Crippen LogP contribution in [0.1, 0.15) is 28.2 Å². The Morgan fingerprint density at radius 3 is 2.92 bits per heavy atom. The van der Waals surface area contributed by atoms with Gasteiger partial charge in [0.15, 0.2) is 5.01 Å². The Bertz CT molecular complexity index is 876. The van der Waals surface area contributed by atoms with Gasteiger partial charge in [0.25, 0.3) is 5.91 Å². The number of hydrogen-bond acceptors (Lipinski definition) is 6. The first kappa shape index (κ1) is 16.9. The van der Waals surface area contributed by atoms with E-state index in [1.807, 2.05) is 36.1 Å². The van der Waals surface area contributed by atoms with Crippen molar-refractivity contribution >= 4 is 27.5 Å². The topological polar surface area (TPSA) is 68.2 Å². The van der Waals surface area contributed by atoms with E-state index in [1.165, 1.54) is 11.3 Å². The Labute approximate surface area is 155 Å². The molecule has 1 saturated heterocycles. The molecule has 3 aromatic rings. The standard InChI is InChI=1S/C19H20N4O2S/c1-13-9-20-19(21-10-13)25-12-14-5-4-8-23(11-14)18(24)17-22-15-6-2-3-7-16(15)26-17/h2-3,6-7,9-10,14H,4-5,8,11-12H2,1H3. The molecular weight excluding hydrogens is 348 g/mol. The van der Waals surface area contributed by atoms with Gasteiger partial charge in [0, 0.05) is 31.4 Å². The van der Waals surface area contributed by atoms with E-state index in [2.05, 4.69) is 15.0 Å². The van der Waals surface area contributed by atoms with Crippen LogP contribution in [0.2, 0.25) is 0 Å². The molecule has 0 N–H and O–H groups in total. The Morgan fingerprint density at radius 2 is 2.12 bits per heavy atom. The third kappa shape index (κ3) is 3.67. The van der Waals surface area contributed by atoms with Crippen LogP contribution >= 0.6 is 11.3 Å². The number of ether oxygens (including phenoxy) is 1. The molecule has 26 heavy (non-hydrogen) atoms. The lowest BCUT2D eigenvalue weighted by atomic mass is 9.99. The van der Waals surface area contributed by atoms with Gasteiger partial charge in [0.1, 0.15) is 0 Å². The van der Waals surface area contributed by atoms with Gasteiger partial charge in [-0.05, 0) is 37.5 Å². The van der Waals surface area contributed by atoms with E-state index in [-0.39, 0.29) is 11.8 Å². The van der Waals surface area contributed by atoms with Crippen LogP contribution in [-0.2, 0) is 0 Å². The second kappa shape index (κ2) is 7.37. The number of likely N-dealkylation sites (tertiary alicyclic amines) is 1. The Morgan fingerprint density at radius 1 is 1.31 bits per heavy atom. The van der Waals surface area contributed by atoms with Gasteiger partial charge in [0.05, 0.1) is 16.8 Å². The number of hydrogen-bond donors (Lipinski definition) is 0. The third-order valence-electron chi connectivity index (χ3n) is 4.49. The summed E-state index contributed by atoms with van der Waals surface area (Å²) in [6.07, 6.45) is 5.49. The summed E-state index contributed by atoms with van der Waals surface area (Å²) in [7, 11) is 0. The maximum atomic E-state index is 12.8. The molecule has 0 spiro atoms. The van der Waals surface area contributed by atoms with Gasteiger partial charge >= 0.3 is 6.01 Å². The molecular formula is C19H20N4O2S. The van der Waals surface area contributed by atoms with E-state index >= 15 is 0 Å². The molecule has 1 unspecified atom stereocenters. The summed E-state index contributed by atoms with van der Waals surface area (Å²) in [5.41, 5.74) is 1.89. The van der Waals surface area contributed by atoms with Crippen LogP contribution in [0.15, 0.2) is 36.7 Å². The number of carbonyl (C=O) groups excluding carboxylic acids is 1. The quantitative estimate of drug-likeness (QED) is 0.707. The molecule has 7 heteroatoms. The number of rotatable bonds is 4. The highest BCUT2D eigenvalue weighted by Crippen LogP contribution is 2.25. The van der Waals surface area contributed by atoms with Crippen molar-refractivity contribution in [2.24, 2.45) is 5.92 Å². The Hall–Kier alpha value is -2.54. The molecule has 3 heterocycles. The van der Waals surface area contributed by atoms with Crippen molar-refractivity contribution < 1.29 is 9.53 Å². The van der Waals surface area contributed by atoms with Crippen molar-refractivity contribution in [1.29, 1.82) is 0 Å². The van der Waals surface area contributed by atoms with Crippen LogP contribution in [0, 0.1) is 12.8 Å². The molecule has 1 atom stereocenters. The van der Waals surface area contributed by atoms with Crippen LogP contribution < -0.4 is 4.74 Å². The number of para-hydroxylation sites is 1. The molecule has 0 radical (unpaired) electrons. The van der Waals surface area contributed by atoms with Crippen LogP contribution in [-0.4, -0.2) is 45.5 Å². The van der Waals surface area contributed by atoms with Crippen molar-refractivity contribution in [3.8, 4) is 6.01 Å². The van der Waals surface area contributed by atoms with Crippen LogP contribution in [0.4, 0.5) is 0 Å². The summed E-state index contributed by atoms with van der Waals surface area (Å²) in [5, 5.41) is 0.564. The molecule has 0 bridgehead atoms. The summed E-state index contributed by atoms with van der Waals surface area (Å²) in [4.78, 5) is 27.6. The van der Waals surface area contributed by atoms with Gasteiger partial charge < -0.3 is 9.64 Å². The number of nitrogens with zero attached hydrogens (tertiary/aromatic N) is 4. The molecule has 2 aromatic heterocycles. The van der Waals surface area contributed by atoms with Crippen molar-refractivity contribution in [2.45, 2.75) is 19.8 Å². The number of thiazole rings is 1. The molecule has 1 aromatic carbocycles. The number of piperidine rings is 1. The smallest absolute Gasteiger partial charge is 0.316 e. The molecule has 6 nitrogen and oxygen atoms in total. The number of benzene rings is 1. The minimum Gasteiger partial charge on any atom is -0.463 e. The summed E-state index contributed by atoms with van der Waals surface area (Å²) in [6, 6.07) is 8.24. The molecule has 134 valence electrons. The zero-order chi connectivity index (χ0) is 17.9. The van der Waals surface area contributed by atoms with E-state index < -0.39 is 0 Å². The summed E-state index contributed by atoms with van der Waals surface area (Å²) in [6.45, 7) is 3.91. The second-order valence-electron chi connectivity index (χ2n) is 6.60. The zero-order valence-electron chi connectivity index (χ0n) is 14.6. The maximum absolute atomic E-state index is 12.8. The lowest BCUT2D eigenvalue weighted by Gasteiger charge is -2.31. The molecule has 4 rings (SSSR count). The minimum absolute atomic E-state index is 0.0162. The van der Waals surface area contributed by atoms with Gasteiger partial charge in [0.2, 0.25) is 0 Å². The summed E-state index contributed by atoms with van der Waals surface area (Å²) >= 11 is 1.46. The van der Waals surface area contributed by atoms with Crippen LogP contribution in [0.3, 0.4) is 0 Å². The number of carbonyl (C=O) groups is 1. The Balaban J connectivity index is 1.39. The fraction of sp³-hybridized carbons (Fsp3) is 0.368. The van der Waals surface area contributed by atoms with Gasteiger partial charge in [-0.3, -0.25) is 4.79 Å². The van der Waals surface area contributed by atoms with Crippen LogP contribution in [0.25, 0.3) is 10.2 Å². The molecule has 1 aliphatic rings. The number of aryl methyl sites for hydroxylation is 1. The zero-order valence-corrected chi connectivity index (χ0v) is 15.4. The predicted molar refractivity (Wildman–Crippen MR) is 101 cm³/mol. The average Bonchev–Trinajstić information content (AvgIpc) is 3.11. The van der Waals surface area contributed by atoms with Crippen molar-refractivity contribution in [1.82, 2.24) is 19.9 Å². The molecule has 0 aliphatic carbocycles. The Kier molecular flexibility index (Phi) is 4.79. The first-order valence-corrected chi connectivity index (χ1v) is 9.57. The van der Waals surface area contributed by atoms with Crippen LogP contribution in [0.5, 0.6) is 6.01 Å². The van der Waals surface area contributed by atoms with E-state index in [9.17, 15) is 4.79 Å². The highest BCUT2D eigenvalue weighted by Gasteiger charge is 2.27. The molecule has 1 aliphatic heterocycles. The highest BCUT2D eigenvalue weighted by atomic mass is 32.1. The molecule has 0 saturated carbocycles. The molecule has 1 fully saturated rings. The van der Waals surface area contributed by atoms with Crippen molar-refractivity contribution in [2.75, 3.05) is 19.7 Å². The summed E-state index contributed by atoms with van der Waals surface area (Å²) < 4.78 is 6.75. The van der Waals surface area contributed by atoms with Gasteiger partial charge in [-0.1, -0.05) is 12.1 Å². The number of amides is 1. The van der Waals surface area contributed by atoms with Gasteiger partial charge in [-0.15, -0.1) is 11.3 Å². The van der Waals surface area contributed by atoms with E-state index in [0.29, 0.717) is 24.2 Å². The largest absolute Gasteiger partial charge is 0.463 e. The lowest BCUT2D eigenvalue weighted by molar-refractivity contribution is 0.0628. The van der Waals surface area contributed by atoms with Crippen molar-refractivity contribution in [3.05, 3.63) is 47.2 Å². The highest BCUT2D eigenvalue weighted by molar-refractivity contribution is 7.20. The lowest BCUT2D eigenvalue weighted by Crippen LogP contribution is -2.41. The first-order chi connectivity index (χ1) is 12.7. The van der Waals surface area contributed by atoms with Gasteiger partial charge in [-0.25, -0.2) is 15.0 Å². The second-order valence-corrected chi connectivity index (χ2v) is 7.63. The van der Waals surface area contributed by atoms with Gasteiger partial charge in [-0.2, -0.15) is 0 Å². The van der Waals surface area contributed by atoms with E-state index in [1.54, 1.807) is 12.4 Å². The monoisotopic (exact) mass is 368 g/mol. The fourth-order valence-corrected chi connectivity index (χ4v) is 4.07. The predicted octanol–water partition coefficient (Wildman–Crippen LogP) is 3.33. The molecule has 1 amide bonds.